The first kappa shape index (κ1) is 18.5. The molecule has 2 aliphatic heterocycles. The van der Waals surface area contributed by atoms with Crippen LogP contribution in [0.2, 0.25) is 0 Å². The highest BCUT2D eigenvalue weighted by Crippen LogP contribution is 2.26. The summed E-state index contributed by atoms with van der Waals surface area (Å²) in [4.78, 5) is 50.3. The molecule has 138 valence electrons. The molecule has 6 nitrogen and oxygen atoms in total. The molecule has 0 aromatic heterocycles. The van der Waals surface area contributed by atoms with Crippen LogP contribution >= 0.6 is 0 Å². The minimum absolute atomic E-state index is 0.295. The Balaban J connectivity index is 0.00000102. The normalized spacial score (nSPS) is 15.0. The summed E-state index contributed by atoms with van der Waals surface area (Å²) in [6, 6.07) is 10.3. The van der Waals surface area contributed by atoms with Crippen molar-refractivity contribution >= 4 is 23.6 Å². The molecule has 0 atom stereocenters. The molecule has 2 aromatic carbocycles. The SMILES string of the molecule is CC.CN1C(=O)c2ccc(Cc3ccc4c(c3)C(=O)N(C)C4=O)cc2C1=O. The van der Waals surface area contributed by atoms with E-state index >= 15 is 0 Å². The average Bonchev–Trinajstić information content (AvgIpc) is 3.04. The molecule has 0 aliphatic carbocycles. The van der Waals surface area contributed by atoms with Crippen LogP contribution in [0.4, 0.5) is 0 Å². The second-order valence-corrected chi connectivity index (χ2v) is 6.28. The van der Waals surface area contributed by atoms with Gasteiger partial charge in [0.2, 0.25) is 0 Å². The zero-order chi connectivity index (χ0) is 19.9. The summed E-state index contributed by atoms with van der Waals surface area (Å²) in [6.45, 7) is 4.00. The van der Waals surface area contributed by atoms with Crippen LogP contribution in [0.1, 0.15) is 66.4 Å². The van der Waals surface area contributed by atoms with Gasteiger partial charge in [0.25, 0.3) is 23.6 Å². The fourth-order valence-electron chi connectivity index (χ4n) is 3.27. The Morgan fingerprint density at radius 3 is 1.30 bits per heavy atom. The number of rotatable bonds is 2. The molecule has 6 heteroatoms. The summed E-state index contributed by atoms with van der Waals surface area (Å²) in [6.07, 6.45) is 0.497. The van der Waals surface area contributed by atoms with Gasteiger partial charge >= 0.3 is 0 Å². The number of hydrogen-bond donors (Lipinski definition) is 0. The summed E-state index contributed by atoms with van der Waals surface area (Å²) in [5, 5.41) is 0. The van der Waals surface area contributed by atoms with E-state index in [1.165, 1.54) is 14.1 Å². The van der Waals surface area contributed by atoms with Crippen molar-refractivity contribution in [1.29, 1.82) is 0 Å². The Bertz CT molecular complexity index is 914. The molecule has 27 heavy (non-hydrogen) atoms. The van der Waals surface area contributed by atoms with E-state index in [-0.39, 0.29) is 23.6 Å². The lowest BCUT2D eigenvalue weighted by molar-refractivity contribution is 0.0678. The van der Waals surface area contributed by atoms with E-state index in [1.807, 2.05) is 13.8 Å². The molecule has 0 N–H and O–H groups in total. The maximum Gasteiger partial charge on any atom is 0.261 e. The zero-order valence-electron chi connectivity index (χ0n) is 15.7. The number of hydrogen-bond acceptors (Lipinski definition) is 4. The van der Waals surface area contributed by atoms with Gasteiger partial charge in [0.1, 0.15) is 0 Å². The van der Waals surface area contributed by atoms with Crippen molar-refractivity contribution in [3.63, 3.8) is 0 Å². The first-order valence-corrected chi connectivity index (χ1v) is 8.79. The largest absolute Gasteiger partial charge is 0.277 e. The van der Waals surface area contributed by atoms with E-state index in [4.69, 9.17) is 0 Å². The van der Waals surface area contributed by atoms with Crippen LogP contribution in [0.15, 0.2) is 36.4 Å². The molecule has 0 bridgehead atoms. The topological polar surface area (TPSA) is 74.8 Å². The van der Waals surface area contributed by atoms with Gasteiger partial charge in [0, 0.05) is 14.1 Å². The van der Waals surface area contributed by atoms with Crippen LogP contribution in [-0.4, -0.2) is 47.5 Å². The van der Waals surface area contributed by atoms with E-state index < -0.39 is 0 Å². The number of nitrogens with zero attached hydrogens (tertiary/aromatic N) is 2. The third-order valence-corrected chi connectivity index (χ3v) is 4.72. The highest BCUT2D eigenvalue weighted by atomic mass is 16.2. The molecular weight excluding hydrogens is 344 g/mol. The van der Waals surface area contributed by atoms with E-state index in [9.17, 15) is 19.2 Å². The monoisotopic (exact) mass is 364 g/mol. The van der Waals surface area contributed by atoms with Gasteiger partial charge in [-0.2, -0.15) is 0 Å². The molecular formula is C21H20N2O4. The van der Waals surface area contributed by atoms with Crippen molar-refractivity contribution in [2.75, 3.05) is 14.1 Å². The fourth-order valence-corrected chi connectivity index (χ4v) is 3.27. The Hall–Kier alpha value is -3.28. The van der Waals surface area contributed by atoms with Crippen molar-refractivity contribution in [3.8, 4) is 0 Å². The Morgan fingerprint density at radius 1 is 0.593 bits per heavy atom. The van der Waals surface area contributed by atoms with Crippen molar-refractivity contribution < 1.29 is 19.2 Å². The molecule has 0 unspecified atom stereocenters. The van der Waals surface area contributed by atoms with Crippen molar-refractivity contribution in [3.05, 3.63) is 69.8 Å². The Labute approximate surface area is 157 Å². The molecule has 0 radical (unpaired) electrons. The first-order chi connectivity index (χ1) is 12.9. The number of amides is 4. The van der Waals surface area contributed by atoms with E-state index in [0.29, 0.717) is 28.7 Å². The molecule has 0 spiro atoms. The van der Waals surface area contributed by atoms with Crippen LogP contribution in [0.5, 0.6) is 0 Å². The predicted octanol–water partition coefficient (Wildman–Crippen LogP) is 2.76. The molecule has 0 saturated carbocycles. The lowest BCUT2D eigenvalue weighted by atomic mass is 9.98. The van der Waals surface area contributed by atoms with Crippen molar-refractivity contribution in [1.82, 2.24) is 9.80 Å². The van der Waals surface area contributed by atoms with Gasteiger partial charge in [-0.25, -0.2) is 0 Å². The van der Waals surface area contributed by atoms with E-state index in [0.717, 1.165) is 20.9 Å². The molecule has 2 aromatic rings. The number of carbonyl (C=O) groups excluding carboxylic acids is 4. The Kier molecular flexibility index (Phi) is 4.66. The third-order valence-electron chi connectivity index (χ3n) is 4.72. The zero-order valence-corrected chi connectivity index (χ0v) is 15.7. The minimum Gasteiger partial charge on any atom is -0.277 e. The molecule has 2 aliphatic rings. The fraction of sp³-hybridized carbons (Fsp3) is 0.238. The molecule has 0 saturated heterocycles. The lowest BCUT2D eigenvalue weighted by Gasteiger charge is -2.05. The first-order valence-electron chi connectivity index (χ1n) is 8.79. The summed E-state index contributed by atoms with van der Waals surface area (Å²) in [5.74, 6) is -1.20. The minimum atomic E-state index is -0.307. The van der Waals surface area contributed by atoms with Gasteiger partial charge in [-0.05, 0) is 41.8 Å². The number of carbonyl (C=O) groups is 4. The smallest absolute Gasteiger partial charge is 0.261 e. The second kappa shape index (κ2) is 6.79. The number of imide groups is 2. The molecule has 4 rings (SSSR count). The molecule has 4 amide bonds. The van der Waals surface area contributed by atoms with Crippen LogP contribution in [0, 0.1) is 0 Å². The van der Waals surface area contributed by atoms with Crippen molar-refractivity contribution in [2.45, 2.75) is 20.3 Å². The summed E-state index contributed by atoms with van der Waals surface area (Å²) in [5.41, 5.74) is 3.34. The van der Waals surface area contributed by atoms with Crippen LogP contribution in [-0.2, 0) is 6.42 Å². The maximum absolute atomic E-state index is 12.1. The third kappa shape index (κ3) is 2.83. The number of benzene rings is 2. The van der Waals surface area contributed by atoms with E-state index in [1.54, 1.807) is 36.4 Å². The van der Waals surface area contributed by atoms with Crippen LogP contribution in [0.25, 0.3) is 0 Å². The second-order valence-electron chi connectivity index (χ2n) is 6.28. The van der Waals surface area contributed by atoms with E-state index in [2.05, 4.69) is 0 Å². The van der Waals surface area contributed by atoms with Gasteiger partial charge in [0.05, 0.1) is 22.3 Å². The highest BCUT2D eigenvalue weighted by Gasteiger charge is 2.34. The molecule has 0 fully saturated rings. The Morgan fingerprint density at radius 2 is 0.926 bits per heavy atom. The quantitative estimate of drug-likeness (QED) is 0.768. The summed E-state index contributed by atoms with van der Waals surface area (Å²) >= 11 is 0. The predicted molar refractivity (Wildman–Crippen MR) is 99.9 cm³/mol. The lowest BCUT2D eigenvalue weighted by Crippen LogP contribution is -2.24. The van der Waals surface area contributed by atoms with Crippen molar-refractivity contribution in [2.24, 2.45) is 0 Å². The van der Waals surface area contributed by atoms with Crippen LogP contribution < -0.4 is 0 Å². The number of fused-ring (bicyclic) bond motifs is 2. The average molecular weight is 364 g/mol. The van der Waals surface area contributed by atoms with Gasteiger partial charge in [0.15, 0.2) is 0 Å². The van der Waals surface area contributed by atoms with Gasteiger partial charge in [-0.1, -0.05) is 26.0 Å². The summed E-state index contributed by atoms with van der Waals surface area (Å²) < 4.78 is 0. The van der Waals surface area contributed by atoms with Crippen LogP contribution in [0.3, 0.4) is 0 Å². The van der Waals surface area contributed by atoms with Gasteiger partial charge < -0.3 is 0 Å². The standard InChI is InChI=1S/C19H14N2O4.C2H6/c1-20-16(22)12-5-3-10(8-14(12)18(20)24)7-11-4-6-13-15(9-11)19(25)21(2)17(13)23;1-2/h3-6,8-9H,7H2,1-2H3;1-2H3. The summed E-state index contributed by atoms with van der Waals surface area (Å²) in [7, 11) is 2.92. The highest BCUT2D eigenvalue weighted by molar-refractivity contribution is 6.22. The van der Waals surface area contributed by atoms with Gasteiger partial charge in [-0.15, -0.1) is 0 Å². The molecule has 2 heterocycles. The van der Waals surface area contributed by atoms with Gasteiger partial charge in [-0.3, -0.25) is 29.0 Å². The maximum atomic E-state index is 12.1.